The predicted octanol–water partition coefficient (Wildman–Crippen LogP) is 3.87. The zero-order valence-corrected chi connectivity index (χ0v) is 14.6. The minimum Gasteiger partial charge on any atom is -0.419 e. The largest absolute Gasteiger partial charge is 0.419 e. The second-order valence-corrected chi connectivity index (χ2v) is 6.20. The Bertz CT molecular complexity index is 863. The van der Waals surface area contributed by atoms with Crippen LogP contribution < -0.4 is 4.74 Å². The van der Waals surface area contributed by atoms with Crippen LogP contribution in [0.25, 0.3) is 0 Å². The number of carbonyl (C=O) groups is 1. The first-order valence-electron chi connectivity index (χ1n) is 8.41. The third-order valence-electron chi connectivity index (χ3n) is 4.36. The van der Waals surface area contributed by atoms with E-state index in [1.165, 1.54) is 17.3 Å². The first-order chi connectivity index (χ1) is 13.3. The van der Waals surface area contributed by atoms with Crippen LogP contribution in [-0.2, 0) is 11.0 Å². The molecule has 1 aliphatic heterocycles. The molecule has 148 valence electrons. The molecule has 0 bridgehead atoms. The molecule has 0 spiro atoms. The number of likely N-dealkylation sites (tertiary alicyclic amines) is 1. The number of hydrogen-bond acceptors (Lipinski definition) is 5. The summed E-state index contributed by atoms with van der Waals surface area (Å²) in [5.74, 6) is -1.75. The Balaban J connectivity index is 1.72. The molecule has 0 aliphatic carbocycles. The summed E-state index contributed by atoms with van der Waals surface area (Å²) in [6, 6.07) is 1.97. The fourth-order valence-electron chi connectivity index (χ4n) is 2.93. The molecule has 10 heteroatoms. The van der Waals surface area contributed by atoms with Gasteiger partial charge in [0.1, 0.15) is 5.69 Å². The molecule has 6 nitrogen and oxygen atoms in total. The normalized spacial score (nSPS) is 15.4. The highest BCUT2D eigenvalue weighted by Gasteiger charge is 2.31. The van der Waals surface area contributed by atoms with Gasteiger partial charge in [-0.15, -0.1) is 0 Å². The first kappa shape index (κ1) is 19.7. The summed E-state index contributed by atoms with van der Waals surface area (Å²) in [5.41, 5.74) is -0.374. The molecule has 3 heterocycles. The Morgan fingerprint density at radius 2 is 1.82 bits per heavy atom. The molecule has 0 saturated carbocycles. The Morgan fingerprint density at radius 3 is 2.39 bits per heavy atom. The van der Waals surface area contributed by atoms with Gasteiger partial charge in [-0.1, -0.05) is 6.58 Å². The van der Waals surface area contributed by atoms with Gasteiger partial charge in [-0.05, 0) is 18.9 Å². The van der Waals surface area contributed by atoms with Crippen LogP contribution in [-0.4, -0.2) is 38.8 Å². The highest BCUT2D eigenvalue weighted by Crippen LogP contribution is 2.34. The van der Waals surface area contributed by atoms with Gasteiger partial charge in [0.2, 0.25) is 11.8 Å². The third-order valence-corrected chi connectivity index (χ3v) is 4.36. The number of halogens is 4. The topological polar surface area (TPSA) is 68.2 Å². The average molecular weight is 396 g/mol. The maximum Gasteiger partial charge on any atom is 0.417 e. The van der Waals surface area contributed by atoms with Crippen molar-refractivity contribution in [2.24, 2.45) is 0 Å². The highest BCUT2D eigenvalue weighted by atomic mass is 19.4. The molecule has 0 atom stereocenters. The van der Waals surface area contributed by atoms with Crippen molar-refractivity contribution in [3.05, 3.63) is 54.4 Å². The van der Waals surface area contributed by atoms with Crippen molar-refractivity contribution in [1.29, 1.82) is 0 Å². The van der Waals surface area contributed by atoms with Crippen molar-refractivity contribution in [3.8, 4) is 11.8 Å². The Morgan fingerprint density at radius 1 is 1.14 bits per heavy atom. The number of ether oxygens (including phenoxy) is 1. The van der Waals surface area contributed by atoms with Crippen LogP contribution in [0.2, 0.25) is 0 Å². The van der Waals surface area contributed by atoms with Crippen molar-refractivity contribution < 1.29 is 27.1 Å². The standard InChI is InChI=1S/C18H16F4N4O2/c1-11(19)17(27)26-8-4-12(5-9-26)15-16(24-7-6-23-15)28-14-3-2-13(10-25-14)18(20,21)22/h2-3,6-7,10,12H,1,4-5,8-9H2. The van der Waals surface area contributed by atoms with Crippen molar-refractivity contribution in [1.82, 2.24) is 19.9 Å². The third kappa shape index (κ3) is 4.44. The molecule has 0 aromatic carbocycles. The van der Waals surface area contributed by atoms with Crippen molar-refractivity contribution >= 4 is 5.91 Å². The SMILES string of the molecule is C=C(F)C(=O)N1CCC(c2nccnc2Oc2ccc(C(F)(F)F)cn2)CC1. The Kier molecular flexibility index (Phi) is 5.57. The molecule has 3 rings (SSSR count). The van der Waals surface area contributed by atoms with Crippen LogP contribution in [0, 0.1) is 0 Å². The van der Waals surface area contributed by atoms with E-state index in [1.807, 2.05) is 0 Å². The predicted molar refractivity (Wildman–Crippen MR) is 90.1 cm³/mol. The van der Waals surface area contributed by atoms with E-state index in [0.717, 1.165) is 12.1 Å². The molecule has 28 heavy (non-hydrogen) atoms. The quantitative estimate of drug-likeness (QED) is 0.580. The zero-order chi connectivity index (χ0) is 20.3. The molecule has 1 saturated heterocycles. The summed E-state index contributed by atoms with van der Waals surface area (Å²) < 4.78 is 56.4. The number of carbonyl (C=O) groups excluding carboxylic acids is 1. The molecule has 0 N–H and O–H groups in total. The molecule has 1 amide bonds. The van der Waals surface area contributed by atoms with Crippen LogP contribution in [0.1, 0.15) is 30.0 Å². The van der Waals surface area contributed by atoms with E-state index < -0.39 is 23.5 Å². The number of nitrogens with zero attached hydrogens (tertiary/aromatic N) is 4. The van der Waals surface area contributed by atoms with E-state index in [-0.39, 0.29) is 17.7 Å². The van der Waals surface area contributed by atoms with Gasteiger partial charge in [-0.25, -0.2) is 14.4 Å². The Hall–Kier alpha value is -3.04. The smallest absolute Gasteiger partial charge is 0.417 e. The van der Waals surface area contributed by atoms with Gasteiger partial charge in [0.05, 0.1) is 5.56 Å². The van der Waals surface area contributed by atoms with Gasteiger partial charge in [0, 0.05) is 43.7 Å². The van der Waals surface area contributed by atoms with Crippen molar-refractivity contribution in [3.63, 3.8) is 0 Å². The average Bonchev–Trinajstić information content (AvgIpc) is 2.68. The lowest BCUT2D eigenvalue weighted by molar-refractivity contribution is -0.137. The lowest BCUT2D eigenvalue weighted by atomic mass is 9.93. The van der Waals surface area contributed by atoms with Crippen LogP contribution in [0.3, 0.4) is 0 Å². The number of alkyl halides is 3. The van der Waals surface area contributed by atoms with Crippen LogP contribution in [0.15, 0.2) is 43.1 Å². The van der Waals surface area contributed by atoms with Crippen molar-refractivity contribution in [2.45, 2.75) is 24.9 Å². The summed E-state index contributed by atoms with van der Waals surface area (Å²) in [6.07, 6.45) is 0.0832. The fraction of sp³-hybridized carbons (Fsp3) is 0.333. The van der Waals surface area contributed by atoms with E-state index in [0.29, 0.717) is 37.8 Å². The van der Waals surface area contributed by atoms with Gasteiger partial charge >= 0.3 is 6.18 Å². The maximum atomic E-state index is 13.0. The lowest BCUT2D eigenvalue weighted by Crippen LogP contribution is -2.38. The van der Waals surface area contributed by atoms with Gasteiger partial charge < -0.3 is 9.64 Å². The zero-order valence-electron chi connectivity index (χ0n) is 14.6. The number of piperidine rings is 1. The summed E-state index contributed by atoms with van der Waals surface area (Å²) in [6.45, 7) is 3.65. The molecule has 0 unspecified atom stereocenters. The molecule has 2 aromatic rings. The minimum atomic E-state index is -4.49. The van der Waals surface area contributed by atoms with Gasteiger partial charge in [-0.3, -0.25) is 9.78 Å². The number of hydrogen-bond donors (Lipinski definition) is 0. The second kappa shape index (κ2) is 7.91. The first-order valence-corrected chi connectivity index (χ1v) is 8.41. The summed E-state index contributed by atoms with van der Waals surface area (Å²) in [7, 11) is 0. The number of pyridine rings is 1. The minimum absolute atomic E-state index is 0.0453. The van der Waals surface area contributed by atoms with Crippen LogP contribution >= 0.6 is 0 Å². The molecule has 0 radical (unpaired) electrons. The van der Waals surface area contributed by atoms with Gasteiger partial charge in [0.25, 0.3) is 5.91 Å². The molecule has 2 aromatic heterocycles. The number of amides is 1. The molecule has 1 aliphatic rings. The van der Waals surface area contributed by atoms with Gasteiger partial charge in [-0.2, -0.15) is 13.2 Å². The Labute approximate surface area is 157 Å². The monoisotopic (exact) mass is 396 g/mol. The summed E-state index contributed by atoms with van der Waals surface area (Å²) in [5, 5.41) is 0. The highest BCUT2D eigenvalue weighted by molar-refractivity contribution is 5.90. The van der Waals surface area contributed by atoms with Crippen LogP contribution in [0.4, 0.5) is 17.6 Å². The maximum absolute atomic E-state index is 13.0. The second-order valence-electron chi connectivity index (χ2n) is 6.20. The number of aromatic nitrogens is 3. The van der Waals surface area contributed by atoms with E-state index >= 15 is 0 Å². The summed E-state index contributed by atoms with van der Waals surface area (Å²) >= 11 is 0. The summed E-state index contributed by atoms with van der Waals surface area (Å²) in [4.78, 5) is 25.1. The van der Waals surface area contributed by atoms with E-state index in [4.69, 9.17) is 4.74 Å². The lowest BCUT2D eigenvalue weighted by Gasteiger charge is -2.31. The van der Waals surface area contributed by atoms with Gasteiger partial charge in [0.15, 0.2) is 5.83 Å². The molecular formula is C18H16F4N4O2. The molecular weight excluding hydrogens is 380 g/mol. The van der Waals surface area contributed by atoms with E-state index in [1.54, 1.807) is 0 Å². The van der Waals surface area contributed by atoms with Crippen molar-refractivity contribution in [2.75, 3.05) is 13.1 Å². The van der Waals surface area contributed by atoms with E-state index in [9.17, 15) is 22.4 Å². The number of rotatable bonds is 4. The van der Waals surface area contributed by atoms with E-state index in [2.05, 4.69) is 21.5 Å². The van der Waals surface area contributed by atoms with Crippen LogP contribution in [0.5, 0.6) is 11.8 Å². The fourth-order valence-corrected chi connectivity index (χ4v) is 2.93. The molecule has 1 fully saturated rings.